The normalized spacial score (nSPS) is 19.5. The zero-order chi connectivity index (χ0) is 23.9. The van der Waals surface area contributed by atoms with Crippen molar-refractivity contribution in [3.63, 3.8) is 0 Å². The Morgan fingerprint density at radius 2 is 1.00 bits per heavy atom. The highest BCUT2D eigenvalue weighted by Crippen LogP contribution is 2.73. The summed E-state index contributed by atoms with van der Waals surface area (Å²) in [6.07, 6.45) is 7.41. The second-order valence-corrected chi connectivity index (χ2v) is 13.7. The molecule has 1 heterocycles. The molecular formula is C32H33NP2. The Morgan fingerprint density at radius 1 is 0.600 bits per heavy atom. The van der Waals surface area contributed by atoms with E-state index in [2.05, 4.69) is 145 Å². The average molecular weight is 494 g/mol. The Morgan fingerprint density at radius 3 is 1.40 bits per heavy atom. The summed E-state index contributed by atoms with van der Waals surface area (Å²) in [5.41, 5.74) is 3.72. The molecule has 176 valence electrons. The molecule has 4 aromatic rings. The molecule has 1 unspecified atom stereocenters. The lowest BCUT2D eigenvalue weighted by atomic mass is 10.1. The number of hydrogen-bond acceptors (Lipinski definition) is 1. The highest BCUT2D eigenvalue weighted by Gasteiger charge is 2.41. The first kappa shape index (κ1) is 24.1. The Kier molecular flexibility index (Phi) is 8.22. The van der Waals surface area contributed by atoms with Crippen molar-refractivity contribution in [2.75, 3.05) is 6.54 Å². The van der Waals surface area contributed by atoms with Crippen LogP contribution < -0.4 is 10.6 Å². The Labute approximate surface area is 213 Å². The predicted octanol–water partition coefficient (Wildman–Crippen LogP) is 8.59. The van der Waals surface area contributed by atoms with Crippen LogP contribution in [0, 0.1) is 0 Å². The molecular weight excluding hydrogens is 460 g/mol. The molecule has 3 atom stereocenters. The molecule has 35 heavy (non-hydrogen) atoms. The standard InChI is InChI=1S/C32H33NP2/c1-2-3-26-33(34(29-20-12-6-13-21-29)30-22-14-7-15-23-30)35-31(27-16-8-4-9-17-27)24-25-32(35)28-18-10-5-11-19-28/h4-25,31-32H,2-3,26H2,1H3/t31-,32+,35?. The van der Waals surface area contributed by atoms with Crippen molar-refractivity contribution in [2.45, 2.75) is 31.1 Å². The van der Waals surface area contributed by atoms with Gasteiger partial charge in [0.2, 0.25) is 0 Å². The fraction of sp³-hybridized carbons (Fsp3) is 0.188. The van der Waals surface area contributed by atoms with Gasteiger partial charge in [-0.25, -0.2) is 0 Å². The van der Waals surface area contributed by atoms with Crippen LogP contribution in [0.3, 0.4) is 0 Å². The number of hydrogen-bond donors (Lipinski definition) is 0. The quantitative estimate of drug-likeness (QED) is 0.167. The molecule has 0 radical (unpaired) electrons. The monoisotopic (exact) mass is 493 g/mol. The van der Waals surface area contributed by atoms with Crippen LogP contribution in [0.4, 0.5) is 0 Å². The second-order valence-electron chi connectivity index (χ2n) is 8.91. The van der Waals surface area contributed by atoms with E-state index in [4.69, 9.17) is 0 Å². The van der Waals surface area contributed by atoms with Crippen molar-refractivity contribution in [1.29, 1.82) is 0 Å². The molecule has 0 aromatic heterocycles. The molecule has 0 amide bonds. The highest BCUT2D eigenvalue weighted by molar-refractivity contribution is 7.79. The molecule has 0 bridgehead atoms. The second kappa shape index (κ2) is 11.9. The van der Waals surface area contributed by atoms with Gasteiger partial charge < -0.3 is 0 Å². The molecule has 3 heteroatoms. The van der Waals surface area contributed by atoms with Gasteiger partial charge in [0.25, 0.3) is 0 Å². The Hall–Kier alpha value is -2.56. The summed E-state index contributed by atoms with van der Waals surface area (Å²) in [6, 6.07) is 44.8. The van der Waals surface area contributed by atoms with Crippen LogP contribution in [0.1, 0.15) is 42.2 Å². The Balaban J connectivity index is 1.66. The molecule has 1 nitrogen and oxygen atoms in total. The van der Waals surface area contributed by atoms with Crippen LogP contribution in [0.15, 0.2) is 133 Å². The maximum Gasteiger partial charge on any atom is 0.0365 e. The van der Waals surface area contributed by atoms with E-state index in [1.54, 1.807) is 0 Å². The van der Waals surface area contributed by atoms with Crippen LogP contribution in [-0.4, -0.2) is 11.0 Å². The zero-order valence-corrected chi connectivity index (χ0v) is 22.1. The minimum absolute atomic E-state index is 0.422. The van der Waals surface area contributed by atoms with Gasteiger partial charge in [-0.2, -0.15) is 0 Å². The summed E-state index contributed by atoms with van der Waals surface area (Å²) in [7, 11) is -1.18. The van der Waals surface area contributed by atoms with Crippen LogP contribution in [0.5, 0.6) is 0 Å². The third-order valence-corrected chi connectivity index (χ3v) is 12.7. The number of benzene rings is 4. The number of unbranched alkanes of at least 4 members (excludes halogenated alkanes) is 1. The van der Waals surface area contributed by atoms with Crippen LogP contribution in [0.2, 0.25) is 0 Å². The predicted molar refractivity (Wildman–Crippen MR) is 155 cm³/mol. The van der Waals surface area contributed by atoms with Crippen LogP contribution in [-0.2, 0) is 0 Å². The van der Waals surface area contributed by atoms with Gasteiger partial charge in [-0.15, -0.1) is 0 Å². The van der Waals surface area contributed by atoms with Gasteiger partial charge in [0, 0.05) is 25.9 Å². The van der Waals surface area contributed by atoms with Crippen LogP contribution >= 0.6 is 16.1 Å². The van der Waals surface area contributed by atoms with E-state index >= 15 is 0 Å². The molecule has 5 rings (SSSR count). The lowest BCUT2D eigenvalue weighted by Crippen LogP contribution is -2.28. The van der Waals surface area contributed by atoms with Crippen molar-refractivity contribution in [1.82, 2.24) is 4.44 Å². The lowest BCUT2D eigenvalue weighted by Gasteiger charge is -2.42. The van der Waals surface area contributed by atoms with Crippen molar-refractivity contribution in [3.05, 3.63) is 145 Å². The highest BCUT2D eigenvalue weighted by atomic mass is 31.2. The molecule has 0 spiro atoms. The maximum absolute atomic E-state index is 2.94. The zero-order valence-electron chi connectivity index (χ0n) is 20.3. The van der Waals surface area contributed by atoms with E-state index in [0.717, 1.165) is 6.54 Å². The molecule has 0 saturated carbocycles. The lowest BCUT2D eigenvalue weighted by molar-refractivity contribution is 0.633. The van der Waals surface area contributed by atoms with Gasteiger partial charge in [0.1, 0.15) is 0 Å². The fourth-order valence-electron chi connectivity index (χ4n) is 4.85. The first-order valence-electron chi connectivity index (χ1n) is 12.6. The molecule has 0 N–H and O–H groups in total. The van der Waals surface area contributed by atoms with Crippen molar-refractivity contribution in [2.24, 2.45) is 0 Å². The number of rotatable bonds is 9. The van der Waals surface area contributed by atoms with E-state index in [1.165, 1.54) is 34.6 Å². The van der Waals surface area contributed by atoms with Crippen molar-refractivity contribution < 1.29 is 0 Å². The largest absolute Gasteiger partial charge is 0.251 e. The minimum Gasteiger partial charge on any atom is -0.251 e. The van der Waals surface area contributed by atoms with E-state index in [1.807, 2.05) is 0 Å². The molecule has 0 aliphatic carbocycles. The minimum atomic E-state index is -0.649. The summed E-state index contributed by atoms with van der Waals surface area (Å²) in [6.45, 7) is 3.43. The van der Waals surface area contributed by atoms with Gasteiger partial charge in [0.15, 0.2) is 0 Å². The Bertz CT molecular complexity index is 1110. The third kappa shape index (κ3) is 5.49. The molecule has 0 saturated heterocycles. The molecule has 1 aliphatic rings. The SMILES string of the molecule is CCCCN(P(c1ccccc1)c1ccccc1)P1[C@@H](c2ccccc2)C=C[C@H]1c1ccccc1. The third-order valence-electron chi connectivity index (χ3n) is 6.54. The van der Waals surface area contributed by atoms with E-state index in [-0.39, 0.29) is 0 Å². The van der Waals surface area contributed by atoms with Gasteiger partial charge in [-0.05, 0) is 36.2 Å². The van der Waals surface area contributed by atoms with Crippen LogP contribution in [0.25, 0.3) is 0 Å². The van der Waals surface area contributed by atoms with Gasteiger partial charge in [-0.1, -0.05) is 147 Å². The average Bonchev–Trinajstić information content (AvgIpc) is 3.38. The molecule has 0 fully saturated rings. The first-order valence-corrected chi connectivity index (χ1v) is 15.3. The summed E-state index contributed by atoms with van der Waals surface area (Å²) < 4.78 is 2.94. The fourth-order valence-corrected chi connectivity index (χ4v) is 11.8. The van der Waals surface area contributed by atoms with E-state index in [0.29, 0.717) is 11.3 Å². The topological polar surface area (TPSA) is 3.24 Å². The first-order chi connectivity index (χ1) is 17.4. The number of nitrogens with zero attached hydrogens (tertiary/aromatic N) is 1. The number of allylic oxidation sites excluding steroid dienone is 2. The van der Waals surface area contributed by atoms with Gasteiger partial charge in [0.05, 0.1) is 0 Å². The van der Waals surface area contributed by atoms with Crippen molar-refractivity contribution >= 4 is 26.8 Å². The van der Waals surface area contributed by atoms with Gasteiger partial charge in [-0.3, -0.25) is 4.44 Å². The molecule has 1 aliphatic heterocycles. The summed E-state index contributed by atoms with van der Waals surface area (Å²) in [4.78, 5) is 0. The smallest absolute Gasteiger partial charge is 0.0365 e. The summed E-state index contributed by atoms with van der Waals surface area (Å²) in [5.74, 6) is 0. The maximum atomic E-state index is 2.94. The van der Waals surface area contributed by atoms with Gasteiger partial charge >= 0.3 is 0 Å². The van der Waals surface area contributed by atoms with Crippen molar-refractivity contribution in [3.8, 4) is 0 Å². The summed E-state index contributed by atoms with van der Waals surface area (Å²) >= 11 is 0. The van der Waals surface area contributed by atoms with E-state index < -0.39 is 16.1 Å². The molecule has 4 aromatic carbocycles. The summed E-state index contributed by atoms with van der Waals surface area (Å²) in [5, 5.41) is 2.88. The van der Waals surface area contributed by atoms with E-state index in [9.17, 15) is 0 Å².